The monoisotopic (exact) mass is 290 g/mol. The van der Waals surface area contributed by atoms with Crippen LogP contribution >= 0.6 is 15.9 Å². The number of carbonyl (C=O) groups is 1. The van der Waals surface area contributed by atoms with E-state index in [0.29, 0.717) is 4.47 Å². The molecule has 0 spiro atoms. The lowest BCUT2D eigenvalue weighted by Gasteiger charge is -2.26. The van der Waals surface area contributed by atoms with Crippen molar-refractivity contribution in [2.24, 2.45) is 5.41 Å². The molecular formula is C11H12BrFO3. The molecule has 0 heterocycles. The number of rotatable bonds is 3. The van der Waals surface area contributed by atoms with E-state index in [4.69, 9.17) is 5.11 Å². The van der Waals surface area contributed by atoms with E-state index in [2.05, 4.69) is 15.9 Å². The molecule has 16 heavy (non-hydrogen) atoms. The number of hydrogen-bond donors (Lipinski definition) is 2. The summed E-state index contributed by atoms with van der Waals surface area (Å²) in [7, 11) is 0. The second-order valence-electron chi connectivity index (χ2n) is 4.10. The zero-order valence-corrected chi connectivity index (χ0v) is 10.5. The summed E-state index contributed by atoms with van der Waals surface area (Å²) in [6.45, 7) is 2.77. The van der Waals surface area contributed by atoms with Gasteiger partial charge in [-0.05, 0) is 37.6 Å². The predicted molar refractivity (Wildman–Crippen MR) is 60.5 cm³/mol. The zero-order valence-electron chi connectivity index (χ0n) is 8.87. The average Bonchev–Trinajstić information content (AvgIpc) is 2.20. The molecule has 1 aromatic carbocycles. The Balaban J connectivity index is 3.19. The Kier molecular flexibility index (Phi) is 3.70. The lowest BCUT2D eigenvalue weighted by Crippen LogP contribution is -2.31. The van der Waals surface area contributed by atoms with Crippen molar-refractivity contribution in [1.29, 1.82) is 0 Å². The van der Waals surface area contributed by atoms with Crippen molar-refractivity contribution in [1.82, 2.24) is 0 Å². The summed E-state index contributed by atoms with van der Waals surface area (Å²) < 4.78 is 13.5. The molecule has 1 atom stereocenters. The highest BCUT2D eigenvalue weighted by molar-refractivity contribution is 9.10. The van der Waals surface area contributed by atoms with Gasteiger partial charge in [-0.25, -0.2) is 4.39 Å². The molecule has 0 radical (unpaired) electrons. The standard InChI is InChI=1S/C11H12BrFO3/c1-11(2,10(15)16)9(14)7-5-6(13)3-4-8(7)12/h3-5,9,14H,1-2H3,(H,15,16). The predicted octanol–water partition coefficient (Wildman–Crippen LogP) is 2.73. The minimum absolute atomic E-state index is 0.229. The summed E-state index contributed by atoms with van der Waals surface area (Å²) in [6, 6.07) is 3.79. The lowest BCUT2D eigenvalue weighted by molar-refractivity contribution is -0.153. The quantitative estimate of drug-likeness (QED) is 0.900. The molecule has 0 fully saturated rings. The molecule has 0 saturated heterocycles. The van der Waals surface area contributed by atoms with Crippen molar-refractivity contribution >= 4 is 21.9 Å². The molecule has 0 bridgehead atoms. The van der Waals surface area contributed by atoms with Crippen LogP contribution in [-0.2, 0) is 4.79 Å². The summed E-state index contributed by atoms with van der Waals surface area (Å²) in [6.07, 6.45) is -1.28. The molecule has 1 unspecified atom stereocenters. The molecule has 2 N–H and O–H groups in total. The van der Waals surface area contributed by atoms with Crippen LogP contribution in [0.5, 0.6) is 0 Å². The molecular weight excluding hydrogens is 279 g/mol. The fourth-order valence-electron chi connectivity index (χ4n) is 1.23. The SMILES string of the molecule is CC(C)(C(=O)O)C(O)c1cc(F)ccc1Br. The van der Waals surface area contributed by atoms with Gasteiger partial charge in [0.1, 0.15) is 5.82 Å². The van der Waals surface area contributed by atoms with E-state index in [1.807, 2.05) is 0 Å². The number of halogens is 2. The fraction of sp³-hybridized carbons (Fsp3) is 0.364. The molecule has 0 saturated carbocycles. The van der Waals surface area contributed by atoms with E-state index in [0.717, 1.165) is 6.07 Å². The van der Waals surface area contributed by atoms with Crippen molar-refractivity contribution in [3.8, 4) is 0 Å². The topological polar surface area (TPSA) is 57.5 Å². The fourth-order valence-corrected chi connectivity index (χ4v) is 1.69. The van der Waals surface area contributed by atoms with Gasteiger partial charge in [0.15, 0.2) is 0 Å². The largest absolute Gasteiger partial charge is 0.481 e. The van der Waals surface area contributed by atoms with Crippen LogP contribution in [0.1, 0.15) is 25.5 Å². The lowest BCUT2D eigenvalue weighted by atomic mass is 9.83. The van der Waals surface area contributed by atoms with Crippen molar-refractivity contribution in [3.05, 3.63) is 34.1 Å². The maximum Gasteiger partial charge on any atom is 0.312 e. The maximum atomic E-state index is 13.0. The van der Waals surface area contributed by atoms with Gasteiger partial charge in [0, 0.05) is 4.47 Å². The van der Waals surface area contributed by atoms with Crippen LogP contribution in [0.3, 0.4) is 0 Å². The Hall–Kier alpha value is -0.940. The molecule has 88 valence electrons. The van der Waals surface area contributed by atoms with Crippen LogP contribution in [0.25, 0.3) is 0 Å². The molecule has 0 aliphatic rings. The smallest absolute Gasteiger partial charge is 0.312 e. The molecule has 1 aromatic rings. The number of hydrogen-bond acceptors (Lipinski definition) is 2. The molecule has 0 amide bonds. The molecule has 5 heteroatoms. The first-order valence-corrected chi connectivity index (χ1v) is 5.42. The molecule has 0 aliphatic heterocycles. The third kappa shape index (κ3) is 2.41. The van der Waals surface area contributed by atoms with Gasteiger partial charge < -0.3 is 10.2 Å². The first-order valence-electron chi connectivity index (χ1n) is 4.63. The number of aliphatic hydroxyl groups excluding tert-OH is 1. The summed E-state index contributed by atoms with van der Waals surface area (Å²) in [5, 5.41) is 18.9. The van der Waals surface area contributed by atoms with Gasteiger partial charge in [-0.15, -0.1) is 0 Å². The van der Waals surface area contributed by atoms with E-state index < -0.39 is 23.3 Å². The summed E-state index contributed by atoms with van der Waals surface area (Å²) in [5.74, 6) is -1.66. The van der Waals surface area contributed by atoms with Crippen molar-refractivity contribution in [2.45, 2.75) is 20.0 Å². The third-order valence-electron chi connectivity index (χ3n) is 2.49. The number of aliphatic carboxylic acids is 1. The van der Waals surface area contributed by atoms with Crippen molar-refractivity contribution in [3.63, 3.8) is 0 Å². The molecule has 0 aliphatic carbocycles. The Morgan fingerprint density at radius 1 is 1.50 bits per heavy atom. The second-order valence-corrected chi connectivity index (χ2v) is 4.95. The van der Waals surface area contributed by atoms with Gasteiger partial charge in [0.05, 0.1) is 11.5 Å². The number of carboxylic acid groups (broad SMARTS) is 1. The van der Waals surface area contributed by atoms with Crippen LogP contribution in [0.2, 0.25) is 0 Å². The van der Waals surface area contributed by atoms with E-state index in [1.165, 1.54) is 26.0 Å². The van der Waals surface area contributed by atoms with Crippen LogP contribution < -0.4 is 0 Å². The summed E-state index contributed by atoms with van der Waals surface area (Å²) >= 11 is 3.15. The van der Waals surface area contributed by atoms with E-state index in [-0.39, 0.29) is 5.56 Å². The second kappa shape index (κ2) is 4.51. The zero-order chi connectivity index (χ0) is 12.5. The van der Waals surface area contributed by atoms with E-state index in [1.54, 1.807) is 0 Å². The van der Waals surface area contributed by atoms with Gasteiger partial charge in [0.2, 0.25) is 0 Å². The van der Waals surface area contributed by atoms with Crippen molar-refractivity contribution in [2.75, 3.05) is 0 Å². The number of aliphatic hydroxyl groups is 1. The van der Waals surface area contributed by atoms with Gasteiger partial charge in [-0.1, -0.05) is 15.9 Å². The Morgan fingerprint density at radius 3 is 2.56 bits per heavy atom. The van der Waals surface area contributed by atoms with E-state index >= 15 is 0 Å². The Bertz CT molecular complexity index is 418. The van der Waals surface area contributed by atoms with Crippen LogP contribution in [0.4, 0.5) is 4.39 Å². The van der Waals surface area contributed by atoms with Crippen LogP contribution in [0.15, 0.2) is 22.7 Å². The third-order valence-corrected chi connectivity index (χ3v) is 3.21. The van der Waals surface area contributed by atoms with Gasteiger partial charge in [0.25, 0.3) is 0 Å². The maximum absolute atomic E-state index is 13.0. The van der Waals surface area contributed by atoms with Crippen LogP contribution in [-0.4, -0.2) is 16.2 Å². The Labute approximate surface area is 101 Å². The summed E-state index contributed by atoms with van der Waals surface area (Å²) in [5.41, 5.74) is -1.15. The molecule has 1 rings (SSSR count). The highest BCUT2D eigenvalue weighted by Gasteiger charge is 2.37. The van der Waals surface area contributed by atoms with Gasteiger partial charge in [-0.2, -0.15) is 0 Å². The minimum atomic E-state index is -1.38. The van der Waals surface area contributed by atoms with Gasteiger partial charge >= 0.3 is 5.97 Å². The Morgan fingerprint density at radius 2 is 2.06 bits per heavy atom. The first kappa shape index (κ1) is 13.1. The summed E-state index contributed by atoms with van der Waals surface area (Å²) in [4.78, 5) is 11.0. The minimum Gasteiger partial charge on any atom is -0.481 e. The highest BCUT2D eigenvalue weighted by Crippen LogP contribution is 2.37. The highest BCUT2D eigenvalue weighted by atomic mass is 79.9. The average molecular weight is 291 g/mol. The van der Waals surface area contributed by atoms with Gasteiger partial charge in [-0.3, -0.25) is 4.79 Å². The normalized spacial score (nSPS) is 13.6. The number of benzene rings is 1. The van der Waals surface area contributed by atoms with Crippen molar-refractivity contribution < 1.29 is 19.4 Å². The molecule has 3 nitrogen and oxygen atoms in total. The first-order chi connectivity index (χ1) is 7.26. The van der Waals surface area contributed by atoms with Crippen LogP contribution in [0, 0.1) is 11.2 Å². The molecule has 0 aromatic heterocycles. The number of carboxylic acids is 1. The van der Waals surface area contributed by atoms with E-state index in [9.17, 15) is 14.3 Å².